The number of carbonyl (C=O) groups excluding carboxylic acids is 3. The molecule has 4 fully saturated rings. The van der Waals surface area contributed by atoms with E-state index in [1.807, 2.05) is 86.6 Å². The highest BCUT2D eigenvalue weighted by atomic mass is 32.2. The number of nitrogens with one attached hydrogen (secondary N) is 3. The van der Waals surface area contributed by atoms with Gasteiger partial charge >= 0.3 is 17.9 Å². The Bertz CT molecular complexity index is 2380. The molecule has 72 heavy (non-hydrogen) atoms. The van der Waals surface area contributed by atoms with E-state index in [0.29, 0.717) is 36.7 Å². The zero-order chi connectivity index (χ0) is 50.6. The Morgan fingerprint density at radius 2 is 1.32 bits per heavy atom. The third-order valence-corrected chi connectivity index (χ3v) is 17.8. The first-order chi connectivity index (χ1) is 34.7. The summed E-state index contributed by atoms with van der Waals surface area (Å²) in [5, 5.41) is 10.6. The third kappa shape index (κ3) is 13.5. The van der Waals surface area contributed by atoms with Gasteiger partial charge in [-0.15, -0.1) is 11.8 Å². The van der Waals surface area contributed by atoms with E-state index in [0.717, 1.165) is 119 Å². The molecule has 4 aliphatic rings. The van der Waals surface area contributed by atoms with Crippen molar-refractivity contribution in [1.82, 2.24) is 16.0 Å². The molecule has 3 N–H and O–H groups in total. The summed E-state index contributed by atoms with van der Waals surface area (Å²) in [6.07, 6.45) is 9.67. The van der Waals surface area contributed by atoms with Crippen LogP contribution in [0.5, 0.6) is 5.75 Å². The van der Waals surface area contributed by atoms with Crippen LogP contribution in [0.25, 0.3) is 0 Å². The molecular formula is C61H81N3O7S. The van der Waals surface area contributed by atoms with Crippen LogP contribution in [0.2, 0.25) is 0 Å². The monoisotopic (exact) mass is 1000 g/mol. The lowest BCUT2D eigenvalue weighted by Gasteiger charge is -2.44. The minimum atomic E-state index is -0.817. The third-order valence-electron chi connectivity index (χ3n) is 16.7. The molecule has 1 aliphatic carbocycles. The quantitative estimate of drug-likeness (QED) is 0.0420. The summed E-state index contributed by atoms with van der Waals surface area (Å²) >= 11 is 1.71. The number of hydrogen-bond donors (Lipinski definition) is 3. The number of hydrogen-bond acceptors (Lipinski definition) is 11. The number of thioether (sulfide) groups is 1. The zero-order valence-corrected chi connectivity index (χ0v) is 44.5. The number of esters is 3. The fraction of sp³-hybridized carbons (Fsp3) is 0.557. The lowest BCUT2D eigenvalue weighted by molar-refractivity contribution is -0.171. The molecule has 0 spiro atoms. The van der Waals surface area contributed by atoms with Gasteiger partial charge in [-0.1, -0.05) is 91.7 Å². The van der Waals surface area contributed by atoms with Crippen LogP contribution in [0.4, 0.5) is 0 Å². The van der Waals surface area contributed by atoms with E-state index in [1.54, 1.807) is 11.8 Å². The van der Waals surface area contributed by atoms with Gasteiger partial charge < -0.3 is 34.9 Å². The molecule has 4 unspecified atom stereocenters. The smallest absolute Gasteiger partial charge is 0.338 e. The Kier molecular flexibility index (Phi) is 18.3. The summed E-state index contributed by atoms with van der Waals surface area (Å²) in [5.41, 5.74) is 1.14. The van der Waals surface area contributed by atoms with Gasteiger partial charge in [0.25, 0.3) is 0 Å². The van der Waals surface area contributed by atoms with Gasteiger partial charge in [0, 0.05) is 47.3 Å². The van der Waals surface area contributed by atoms with Crippen LogP contribution in [-0.2, 0) is 35.0 Å². The Morgan fingerprint density at radius 3 is 2.03 bits per heavy atom. The number of ether oxygens (including phenoxy) is 4. The maximum absolute atomic E-state index is 14.7. The first-order valence-electron chi connectivity index (χ1n) is 27.1. The van der Waals surface area contributed by atoms with Gasteiger partial charge in [-0.25, -0.2) is 4.79 Å². The Labute approximate surface area is 434 Å². The molecule has 10 nitrogen and oxygen atoms in total. The van der Waals surface area contributed by atoms with Crippen LogP contribution < -0.4 is 20.7 Å². The average molecular weight is 1000 g/mol. The molecule has 11 heteroatoms. The highest BCUT2D eigenvalue weighted by molar-refractivity contribution is 7.98. The maximum atomic E-state index is 14.7. The van der Waals surface area contributed by atoms with Crippen LogP contribution in [0.1, 0.15) is 145 Å². The van der Waals surface area contributed by atoms with Crippen molar-refractivity contribution in [2.75, 3.05) is 45.9 Å². The topological polar surface area (TPSA) is 124 Å². The van der Waals surface area contributed by atoms with E-state index in [9.17, 15) is 14.4 Å². The molecule has 3 aliphatic heterocycles. The number of carbonyl (C=O) groups is 3. The molecule has 0 amide bonds. The van der Waals surface area contributed by atoms with Gasteiger partial charge in [0.05, 0.1) is 17.6 Å². The molecule has 1 saturated carbocycles. The summed E-state index contributed by atoms with van der Waals surface area (Å²) in [6.45, 7) is 16.0. The van der Waals surface area contributed by atoms with E-state index >= 15 is 0 Å². The fourth-order valence-corrected chi connectivity index (χ4v) is 13.4. The van der Waals surface area contributed by atoms with E-state index < -0.39 is 22.2 Å². The van der Waals surface area contributed by atoms with Crippen LogP contribution in [0.3, 0.4) is 0 Å². The van der Waals surface area contributed by atoms with Crippen molar-refractivity contribution >= 4 is 29.7 Å². The Balaban J connectivity index is 0.955. The summed E-state index contributed by atoms with van der Waals surface area (Å²) in [5.74, 6) is 1.36. The highest BCUT2D eigenvalue weighted by Gasteiger charge is 2.49. The summed E-state index contributed by atoms with van der Waals surface area (Å²) < 4.78 is 26.1. The molecule has 4 aromatic carbocycles. The van der Waals surface area contributed by atoms with E-state index in [-0.39, 0.29) is 48.0 Å². The van der Waals surface area contributed by atoms with E-state index in [4.69, 9.17) is 18.9 Å². The van der Waals surface area contributed by atoms with Gasteiger partial charge in [0.1, 0.15) is 22.6 Å². The van der Waals surface area contributed by atoms with Crippen LogP contribution in [-0.4, -0.2) is 80.6 Å². The first-order valence-corrected chi connectivity index (χ1v) is 28.1. The standard InChI is InChI=1S/C61H81N3O7S/c1-58(2,47-27-34-62-35-28-47)69-55(65)26-25-44(42-68-50-21-10-7-11-22-50)40-60(5,48-29-36-63-37-30-48)70-56(66)52-24-13-12-17-46(52)43-72-51-23-16-18-45(39-51)53-41-64-38-31-54(53)59(3,4)71-57(67)61(32-14-15-33-61)49-19-8-6-9-20-49/h6-13,16-24,39,44,47-48,53-54,62-64H,14-15,25-38,40-43H2,1-5H3. The molecule has 388 valence electrons. The maximum Gasteiger partial charge on any atom is 0.338 e. The zero-order valence-electron chi connectivity index (χ0n) is 43.7. The van der Waals surface area contributed by atoms with Gasteiger partial charge in [-0.3, -0.25) is 9.59 Å². The summed E-state index contributed by atoms with van der Waals surface area (Å²) in [6, 6.07) is 36.6. The SMILES string of the molecule is CC(C)(OC(=O)CCC(COc1ccccc1)CC(C)(OC(=O)c1ccccc1CSc1cccc(C2CNCCC2C(C)(C)OC(=O)C2(c3ccccc3)CCCC2)c1)C1CCNCC1)C1CCNCC1. The lowest BCUT2D eigenvalue weighted by atomic mass is 9.72. The minimum absolute atomic E-state index is 0.0830. The minimum Gasteiger partial charge on any atom is -0.493 e. The lowest BCUT2D eigenvalue weighted by Crippen LogP contribution is -2.49. The second-order valence-corrected chi connectivity index (χ2v) is 23.5. The van der Waals surface area contributed by atoms with Gasteiger partial charge in [-0.05, 0) is 178 Å². The van der Waals surface area contributed by atoms with Crippen LogP contribution >= 0.6 is 11.8 Å². The molecule has 8 rings (SSSR count). The average Bonchev–Trinajstić information content (AvgIpc) is 3.92. The van der Waals surface area contributed by atoms with Gasteiger partial charge in [0.2, 0.25) is 0 Å². The Morgan fingerprint density at radius 1 is 0.681 bits per heavy atom. The van der Waals surface area contributed by atoms with Crippen molar-refractivity contribution in [2.24, 2.45) is 23.7 Å². The number of rotatable bonds is 21. The Hall–Kier alpha value is -4.68. The normalized spacial score (nSPS) is 21.2. The van der Waals surface area contributed by atoms with E-state index in [2.05, 4.69) is 73.1 Å². The summed E-state index contributed by atoms with van der Waals surface area (Å²) in [4.78, 5) is 43.8. The van der Waals surface area contributed by atoms with Crippen molar-refractivity contribution in [3.8, 4) is 5.75 Å². The molecule has 0 aromatic heterocycles. The molecule has 0 radical (unpaired) electrons. The van der Waals surface area contributed by atoms with Gasteiger partial charge in [0.15, 0.2) is 0 Å². The summed E-state index contributed by atoms with van der Waals surface area (Å²) in [7, 11) is 0. The van der Waals surface area contributed by atoms with Crippen molar-refractivity contribution in [3.05, 3.63) is 131 Å². The predicted molar refractivity (Wildman–Crippen MR) is 287 cm³/mol. The van der Waals surface area contributed by atoms with Gasteiger partial charge in [-0.2, -0.15) is 0 Å². The second kappa shape index (κ2) is 24.6. The van der Waals surface area contributed by atoms with Crippen molar-refractivity contribution in [3.63, 3.8) is 0 Å². The van der Waals surface area contributed by atoms with Crippen molar-refractivity contribution in [1.29, 1.82) is 0 Å². The fourth-order valence-electron chi connectivity index (χ4n) is 12.4. The van der Waals surface area contributed by atoms with Crippen molar-refractivity contribution < 1.29 is 33.3 Å². The molecule has 3 saturated heterocycles. The number of benzene rings is 4. The first kappa shape index (κ1) is 53.6. The second-order valence-electron chi connectivity index (χ2n) is 22.4. The number of para-hydroxylation sites is 1. The van der Waals surface area contributed by atoms with Crippen molar-refractivity contribution in [2.45, 2.75) is 150 Å². The predicted octanol–water partition coefficient (Wildman–Crippen LogP) is 11.6. The number of piperidine rings is 3. The van der Waals surface area contributed by atoms with E-state index in [1.165, 1.54) is 5.56 Å². The molecule has 4 atom stereocenters. The molecule has 4 aromatic rings. The molecule has 0 bridgehead atoms. The molecule has 3 heterocycles. The largest absolute Gasteiger partial charge is 0.493 e. The molecular weight excluding hydrogens is 919 g/mol. The van der Waals surface area contributed by atoms with Crippen LogP contribution in [0, 0.1) is 23.7 Å². The van der Waals surface area contributed by atoms with Crippen LogP contribution in [0.15, 0.2) is 114 Å². The highest BCUT2D eigenvalue weighted by Crippen LogP contribution is 2.46.